The van der Waals surface area contributed by atoms with Crippen molar-refractivity contribution in [2.45, 2.75) is 13.8 Å². The summed E-state index contributed by atoms with van der Waals surface area (Å²) in [5, 5.41) is 7.41. The van der Waals surface area contributed by atoms with Gasteiger partial charge in [-0.15, -0.1) is 11.3 Å². The first-order chi connectivity index (χ1) is 17.0. The Hall–Kier alpha value is -4.37. The van der Waals surface area contributed by atoms with E-state index in [1.807, 2.05) is 43.3 Å². The largest absolute Gasteiger partial charge is 0.462 e. The Morgan fingerprint density at radius 1 is 1.06 bits per heavy atom. The van der Waals surface area contributed by atoms with Crippen molar-refractivity contribution in [1.29, 1.82) is 0 Å². The number of hydrogen-bond acceptors (Lipinski definition) is 7. The number of rotatable bonds is 6. The molecule has 0 aliphatic heterocycles. The number of carbonyl (C=O) groups is 2. The molecule has 9 heteroatoms. The molecule has 0 saturated carbocycles. The Morgan fingerprint density at radius 2 is 1.91 bits per heavy atom. The molecule has 0 spiro atoms. The van der Waals surface area contributed by atoms with Crippen molar-refractivity contribution in [2.75, 3.05) is 11.9 Å². The summed E-state index contributed by atoms with van der Waals surface area (Å²) in [5.41, 5.74) is 6.21. The maximum Gasteiger partial charge on any atom is 0.338 e. The Kier molecular flexibility index (Phi) is 6.07. The number of aromatic nitrogens is 4. The Labute approximate surface area is 205 Å². The predicted molar refractivity (Wildman–Crippen MR) is 135 cm³/mol. The number of benzene rings is 2. The number of thiazole rings is 1. The molecular formula is C26H21N5O3S. The molecule has 35 heavy (non-hydrogen) atoms. The number of anilines is 1. The van der Waals surface area contributed by atoms with Gasteiger partial charge in [0, 0.05) is 16.9 Å². The Balaban J connectivity index is 1.52. The fourth-order valence-electron chi connectivity index (χ4n) is 3.67. The number of pyridine rings is 1. The average Bonchev–Trinajstić information content (AvgIpc) is 3.51. The number of esters is 1. The topological polar surface area (TPSA) is 99.0 Å². The molecule has 0 atom stereocenters. The molecular weight excluding hydrogens is 462 g/mol. The lowest BCUT2D eigenvalue weighted by Crippen LogP contribution is -2.14. The smallest absolute Gasteiger partial charge is 0.338 e. The number of amides is 1. The van der Waals surface area contributed by atoms with Gasteiger partial charge >= 0.3 is 5.97 Å². The third-order valence-corrected chi connectivity index (χ3v) is 6.08. The van der Waals surface area contributed by atoms with E-state index >= 15 is 0 Å². The summed E-state index contributed by atoms with van der Waals surface area (Å²) in [4.78, 5) is 34.1. The van der Waals surface area contributed by atoms with E-state index in [2.05, 4.69) is 20.4 Å². The zero-order valence-corrected chi connectivity index (χ0v) is 19.9. The van der Waals surface area contributed by atoms with Gasteiger partial charge in [0.1, 0.15) is 0 Å². The average molecular weight is 484 g/mol. The third kappa shape index (κ3) is 4.67. The summed E-state index contributed by atoms with van der Waals surface area (Å²) in [5.74, 6) is -0.246. The van der Waals surface area contributed by atoms with E-state index in [1.165, 1.54) is 0 Å². The van der Waals surface area contributed by atoms with Crippen LogP contribution in [0, 0.1) is 6.92 Å². The molecule has 3 heterocycles. The highest BCUT2D eigenvalue weighted by atomic mass is 32.1. The van der Waals surface area contributed by atoms with Crippen molar-refractivity contribution in [3.63, 3.8) is 0 Å². The lowest BCUT2D eigenvalue weighted by atomic mass is 10.1. The molecule has 174 valence electrons. The van der Waals surface area contributed by atoms with Crippen LogP contribution in [0.5, 0.6) is 0 Å². The van der Waals surface area contributed by atoms with Gasteiger partial charge in [0.15, 0.2) is 11.5 Å². The second-order valence-electron chi connectivity index (χ2n) is 7.75. The fourth-order valence-corrected chi connectivity index (χ4v) is 4.38. The molecule has 8 nitrogen and oxygen atoms in total. The third-order valence-electron chi connectivity index (χ3n) is 5.29. The van der Waals surface area contributed by atoms with Crippen LogP contribution in [-0.2, 0) is 4.74 Å². The lowest BCUT2D eigenvalue weighted by Gasteiger charge is -2.07. The van der Waals surface area contributed by atoms with Gasteiger partial charge in [-0.25, -0.2) is 19.4 Å². The second-order valence-corrected chi connectivity index (χ2v) is 8.64. The zero-order valence-electron chi connectivity index (χ0n) is 19.1. The van der Waals surface area contributed by atoms with Crippen LogP contribution >= 0.6 is 11.3 Å². The van der Waals surface area contributed by atoms with Crippen molar-refractivity contribution >= 4 is 39.1 Å². The summed E-state index contributed by atoms with van der Waals surface area (Å²) >= 11 is 1.55. The number of nitrogens with zero attached hydrogens (tertiary/aromatic N) is 4. The van der Waals surface area contributed by atoms with Crippen LogP contribution in [0.2, 0.25) is 0 Å². The van der Waals surface area contributed by atoms with Crippen LogP contribution in [0.15, 0.2) is 72.2 Å². The number of nitrogens with one attached hydrogen (secondary N) is 1. The van der Waals surface area contributed by atoms with Crippen LogP contribution in [0.25, 0.3) is 27.3 Å². The van der Waals surface area contributed by atoms with Gasteiger partial charge in [0.25, 0.3) is 5.91 Å². The van der Waals surface area contributed by atoms with Crippen molar-refractivity contribution < 1.29 is 14.3 Å². The minimum atomic E-state index is -0.445. The van der Waals surface area contributed by atoms with Crippen LogP contribution in [0.4, 0.5) is 5.69 Å². The highest BCUT2D eigenvalue weighted by Crippen LogP contribution is 2.29. The normalized spacial score (nSPS) is 10.9. The van der Waals surface area contributed by atoms with Crippen LogP contribution in [0.1, 0.15) is 33.5 Å². The van der Waals surface area contributed by atoms with Gasteiger partial charge in [-0.3, -0.25) is 4.79 Å². The molecule has 0 aliphatic carbocycles. The summed E-state index contributed by atoms with van der Waals surface area (Å²) in [7, 11) is 0. The number of ether oxygens (including phenoxy) is 1. The predicted octanol–water partition coefficient (Wildman–Crippen LogP) is 5.28. The standard InChI is InChI=1S/C26H21N5O3S/c1-3-34-26(33)18-7-5-8-19(12-18)29-25(32)21-14-22(17-10-11-20-23(13-17)35-15-27-20)31(30-21)24-9-4-6-16(2)28-24/h4-15H,3H2,1-2H3,(H,29,32). The van der Waals surface area contributed by atoms with Gasteiger partial charge < -0.3 is 10.1 Å². The summed E-state index contributed by atoms with van der Waals surface area (Å²) in [6.45, 7) is 3.92. The molecule has 5 aromatic rings. The molecule has 1 amide bonds. The summed E-state index contributed by atoms with van der Waals surface area (Å²) in [6.07, 6.45) is 0. The first-order valence-electron chi connectivity index (χ1n) is 11.0. The molecule has 0 aliphatic rings. The summed E-state index contributed by atoms with van der Waals surface area (Å²) < 4.78 is 7.75. The molecule has 1 N–H and O–H groups in total. The van der Waals surface area contributed by atoms with Crippen molar-refractivity contribution in [3.05, 3.63) is 89.2 Å². The maximum atomic E-state index is 13.2. The molecule has 0 unspecified atom stereocenters. The SMILES string of the molecule is CCOC(=O)c1cccc(NC(=O)c2cc(-c3ccc4ncsc4c3)n(-c3cccc(C)n3)n2)c1. The minimum Gasteiger partial charge on any atom is -0.462 e. The van der Waals surface area contributed by atoms with Crippen molar-refractivity contribution in [2.24, 2.45) is 0 Å². The van der Waals surface area contributed by atoms with E-state index in [4.69, 9.17) is 4.74 Å². The van der Waals surface area contributed by atoms with E-state index in [0.717, 1.165) is 27.2 Å². The number of hydrogen-bond donors (Lipinski definition) is 1. The van der Waals surface area contributed by atoms with E-state index in [1.54, 1.807) is 58.8 Å². The summed E-state index contributed by atoms with van der Waals surface area (Å²) in [6, 6.07) is 19.9. The highest BCUT2D eigenvalue weighted by Gasteiger charge is 2.19. The Morgan fingerprint density at radius 3 is 2.74 bits per heavy atom. The number of carbonyl (C=O) groups excluding carboxylic acids is 2. The monoisotopic (exact) mass is 483 g/mol. The van der Waals surface area contributed by atoms with Crippen molar-refractivity contribution in [3.8, 4) is 17.1 Å². The zero-order chi connectivity index (χ0) is 24.4. The van der Waals surface area contributed by atoms with Crippen LogP contribution < -0.4 is 5.32 Å². The van der Waals surface area contributed by atoms with Crippen molar-refractivity contribution in [1.82, 2.24) is 19.7 Å². The quantitative estimate of drug-likeness (QED) is 0.330. The van der Waals surface area contributed by atoms with Gasteiger partial charge in [0.05, 0.1) is 33.6 Å². The fraction of sp³-hybridized carbons (Fsp3) is 0.115. The first kappa shape index (κ1) is 22.4. The first-order valence-corrected chi connectivity index (χ1v) is 11.9. The Bertz CT molecular complexity index is 1560. The lowest BCUT2D eigenvalue weighted by molar-refractivity contribution is 0.0526. The van der Waals surface area contributed by atoms with Crippen LogP contribution in [-0.4, -0.2) is 38.2 Å². The second kappa shape index (κ2) is 9.47. The maximum absolute atomic E-state index is 13.2. The van der Waals surface area contributed by atoms with E-state index in [9.17, 15) is 9.59 Å². The van der Waals surface area contributed by atoms with Gasteiger partial charge in [-0.05, 0) is 62.4 Å². The van der Waals surface area contributed by atoms with Gasteiger partial charge in [0.2, 0.25) is 0 Å². The number of aryl methyl sites for hydroxylation is 1. The minimum absolute atomic E-state index is 0.217. The van der Waals surface area contributed by atoms with Crippen LogP contribution in [0.3, 0.4) is 0 Å². The highest BCUT2D eigenvalue weighted by molar-refractivity contribution is 7.16. The molecule has 0 fully saturated rings. The molecule has 0 radical (unpaired) electrons. The number of fused-ring (bicyclic) bond motifs is 1. The van der Waals surface area contributed by atoms with E-state index < -0.39 is 11.9 Å². The van der Waals surface area contributed by atoms with Gasteiger partial charge in [-0.2, -0.15) is 5.10 Å². The van der Waals surface area contributed by atoms with Gasteiger partial charge in [-0.1, -0.05) is 18.2 Å². The van der Waals surface area contributed by atoms with E-state index in [0.29, 0.717) is 17.1 Å². The molecule has 2 aromatic carbocycles. The van der Waals surface area contributed by atoms with E-state index in [-0.39, 0.29) is 12.3 Å². The molecule has 5 rings (SSSR count). The molecule has 3 aromatic heterocycles. The molecule has 0 bridgehead atoms. The molecule has 0 saturated heterocycles.